The largest absolute Gasteiger partial charge is 0.416 e. The molecule has 1 aromatic carbocycles. The summed E-state index contributed by atoms with van der Waals surface area (Å²) in [7, 11) is 0. The Morgan fingerprint density at radius 3 is 2.55 bits per heavy atom. The van der Waals surface area contributed by atoms with E-state index in [1.807, 2.05) is 6.07 Å². The first-order chi connectivity index (χ1) is 13.9. The number of piperidine rings is 1. The molecule has 1 saturated heterocycles. The summed E-state index contributed by atoms with van der Waals surface area (Å²) in [4.78, 5) is 26.3. The van der Waals surface area contributed by atoms with Gasteiger partial charge in [0.05, 0.1) is 17.3 Å². The number of aromatic nitrogens is 3. The summed E-state index contributed by atoms with van der Waals surface area (Å²) in [5.41, 5.74) is 0.730. The van der Waals surface area contributed by atoms with E-state index in [-0.39, 0.29) is 17.6 Å². The molecule has 9 heteroatoms. The van der Waals surface area contributed by atoms with Crippen molar-refractivity contribution >= 4 is 22.5 Å². The van der Waals surface area contributed by atoms with Gasteiger partial charge in [-0.15, -0.1) is 0 Å². The zero-order valence-electron chi connectivity index (χ0n) is 15.4. The SMILES string of the molecule is O=C(NC1CCN(c2ccnc3cc(C(F)(F)F)ccc23)CC1)c1cnccn1. The number of amides is 1. The van der Waals surface area contributed by atoms with Crippen molar-refractivity contribution in [3.05, 3.63) is 60.3 Å². The maximum Gasteiger partial charge on any atom is 0.416 e. The maximum atomic E-state index is 13.0. The highest BCUT2D eigenvalue weighted by molar-refractivity contribution is 5.93. The average molecular weight is 401 g/mol. The van der Waals surface area contributed by atoms with Crippen LogP contribution in [-0.4, -0.2) is 40.0 Å². The van der Waals surface area contributed by atoms with Crippen LogP contribution in [0.5, 0.6) is 0 Å². The molecule has 0 saturated carbocycles. The van der Waals surface area contributed by atoms with Crippen molar-refractivity contribution < 1.29 is 18.0 Å². The molecule has 3 heterocycles. The van der Waals surface area contributed by atoms with Gasteiger partial charge in [-0.3, -0.25) is 14.8 Å². The number of anilines is 1. The fourth-order valence-electron chi connectivity index (χ4n) is 3.53. The van der Waals surface area contributed by atoms with Crippen molar-refractivity contribution in [3.8, 4) is 0 Å². The zero-order valence-corrected chi connectivity index (χ0v) is 15.4. The molecule has 0 spiro atoms. The molecule has 29 heavy (non-hydrogen) atoms. The summed E-state index contributed by atoms with van der Waals surface area (Å²) in [6.07, 6.45) is 2.96. The Morgan fingerprint density at radius 1 is 1.07 bits per heavy atom. The first-order valence-electron chi connectivity index (χ1n) is 9.19. The number of carbonyl (C=O) groups excluding carboxylic acids is 1. The number of pyridine rings is 1. The highest BCUT2D eigenvalue weighted by Gasteiger charge is 2.31. The van der Waals surface area contributed by atoms with E-state index >= 15 is 0 Å². The van der Waals surface area contributed by atoms with Crippen molar-refractivity contribution in [2.45, 2.75) is 25.1 Å². The molecule has 6 nitrogen and oxygen atoms in total. The summed E-state index contributed by atoms with van der Waals surface area (Å²) in [6.45, 7) is 1.34. The predicted molar refractivity (Wildman–Crippen MR) is 101 cm³/mol. The van der Waals surface area contributed by atoms with E-state index in [1.54, 1.807) is 0 Å². The molecule has 4 rings (SSSR count). The van der Waals surface area contributed by atoms with Crippen LogP contribution in [0, 0.1) is 0 Å². The van der Waals surface area contributed by atoms with Crippen LogP contribution in [0.4, 0.5) is 18.9 Å². The van der Waals surface area contributed by atoms with Crippen molar-refractivity contribution in [3.63, 3.8) is 0 Å². The van der Waals surface area contributed by atoms with Gasteiger partial charge < -0.3 is 10.2 Å². The Hall–Kier alpha value is -3.23. The van der Waals surface area contributed by atoms with Crippen LogP contribution in [0.15, 0.2) is 49.1 Å². The number of carbonyl (C=O) groups is 1. The quantitative estimate of drug-likeness (QED) is 0.728. The third kappa shape index (κ3) is 4.13. The van der Waals surface area contributed by atoms with Crippen molar-refractivity contribution in [2.75, 3.05) is 18.0 Å². The van der Waals surface area contributed by atoms with Gasteiger partial charge in [0, 0.05) is 48.8 Å². The normalized spacial score (nSPS) is 15.5. The number of benzene rings is 1. The molecule has 1 amide bonds. The molecule has 3 aromatic rings. The van der Waals surface area contributed by atoms with Gasteiger partial charge in [0.15, 0.2) is 0 Å². The van der Waals surface area contributed by atoms with E-state index in [4.69, 9.17) is 0 Å². The summed E-state index contributed by atoms with van der Waals surface area (Å²) < 4.78 is 38.9. The topological polar surface area (TPSA) is 71.0 Å². The standard InChI is InChI=1S/C20H18F3N5O/c21-20(22,23)13-1-2-15-16(11-13)25-6-3-18(15)28-9-4-14(5-10-28)27-19(29)17-12-24-7-8-26-17/h1-3,6-8,11-12,14H,4-5,9-10H2,(H,27,29). The molecule has 0 aliphatic carbocycles. The van der Waals surface area contributed by atoms with Crippen LogP contribution in [0.25, 0.3) is 10.9 Å². The highest BCUT2D eigenvalue weighted by Crippen LogP contribution is 2.34. The molecular weight excluding hydrogens is 383 g/mol. The fraction of sp³-hybridized carbons (Fsp3) is 0.300. The smallest absolute Gasteiger partial charge is 0.371 e. The Labute approximate surface area is 164 Å². The lowest BCUT2D eigenvalue weighted by atomic mass is 10.0. The van der Waals surface area contributed by atoms with E-state index < -0.39 is 11.7 Å². The number of nitrogens with zero attached hydrogens (tertiary/aromatic N) is 4. The van der Waals surface area contributed by atoms with Gasteiger partial charge in [0.1, 0.15) is 5.69 Å². The van der Waals surface area contributed by atoms with Crippen LogP contribution in [-0.2, 0) is 6.18 Å². The zero-order chi connectivity index (χ0) is 20.4. The molecule has 0 bridgehead atoms. The lowest BCUT2D eigenvalue weighted by molar-refractivity contribution is -0.137. The minimum Gasteiger partial charge on any atom is -0.371 e. The Morgan fingerprint density at radius 2 is 1.86 bits per heavy atom. The lowest BCUT2D eigenvalue weighted by Gasteiger charge is -2.34. The number of hydrogen-bond acceptors (Lipinski definition) is 5. The average Bonchev–Trinajstić information content (AvgIpc) is 2.73. The van der Waals surface area contributed by atoms with E-state index in [9.17, 15) is 18.0 Å². The Balaban J connectivity index is 1.46. The number of nitrogens with one attached hydrogen (secondary N) is 1. The molecule has 1 aliphatic rings. The fourth-order valence-corrected chi connectivity index (χ4v) is 3.53. The molecular formula is C20H18F3N5O. The molecule has 1 fully saturated rings. The molecule has 2 aromatic heterocycles. The van der Waals surface area contributed by atoms with Gasteiger partial charge >= 0.3 is 6.18 Å². The summed E-state index contributed by atoms with van der Waals surface area (Å²) in [5, 5.41) is 3.65. The van der Waals surface area contributed by atoms with Crippen molar-refractivity contribution in [1.82, 2.24) is 20.3 Å². The second-order valence-corrected chi connectivity index (χ2v) is 6.89. The highest BCUT2D eigenvalue weighted by atomic mass is 19.4. The van der Waals surface area contributed by atoms with Gasteiger partial charge in [0.25, 0.3) is 5.91 Å². The molecule has 150 valence electrons. The minimum atomic E-state index is -4.40. The number of alkyl halides is 3. The number of hydrogen-bond donors (Lipinski definition) is 1. The third-order valence-corrected chi connectivity index (χ3v) is 5.01. The van der Waals surface area contributed by atoms with Crippen molar-refractivity contribution in [1.29, 1.82) is 0 Å². The lowest BCUT2D eigenvalue weighted by Crippen LogP contribution is -2.45. The van der Waals surface area contributed by atoms with E-state index in [0.29, 0.717) is 24.0 Å². The second-order valence-electron chi connectivity index (χ2n) is 6.89. The van der Waals surface area contributed by atoms with E-state index in [2.05, 4.69) is 25.2 Å². The van der Waals surface area contributed by atoms with Gasteiger partial charge in [-0.25, -0.2) is 4.98 Å². The monoisotopic (exact) mass is 401 g/mol. The Kier molecular flexibility index (Phi) is 5.04. The van der Waals surface area contributed by atoms with E-state index in [1.165, 1.54) is 30.9 Å². The Bertz CT molecular complexity index is 1020. The summed E-state index contributed by atoms with van der Waals surface area (Å²) in [5.74, 6) is -0.259. The van der Waals surface area contributed by atoms with Crippen LogP contribution in [0.3, 0.4) is 0 Å². The maximum absolute atomic E-state index is 13.0. The summed E-state index contributed by atoms with van der Waals surface area (Å²) in [6, 6.07) is 5.45. The van der Waals surface area contributed by atoms with Gasteiger partial charge in [-0.05, 0) is 31.0 Å². The van der Waals surface area contributed by atoms with Crippen molar-refractivity contribution in [2.24, 2.45) is 0 Å². The molecule has 0 atom stereocenters. The number of fused-ring (bicyclic) bond motifs is 1. The molecule has 0 unspecified atom stereocenters. The first-order valence-corrected chi connectivity index (χ1v) is 9.19. The van der Waals surface area contributed by atoms with Crippen LogP contribution in [0.2, 0.25) is 0 Å². The summed E-state index contributed by atoms with van der Waals surface area (Å²) >= 11 is 0. The molecule has 0 radical (unpaired) electrons. The first kappa shape index (κ1) is 19.1. The van der Waals surface area contributed by atoms with Crippen LogP contribution >= 0.6 is 0 Å². The van der Waals surface area contributed by atoms with E-state index in [0.717, 1.165) is 30.7 Å². The molecule has 1 N–H and O–H groups in total. The minimum absolute atomic E-state index is 0.00527. The van der Waals surface area contributed by atoms with Gasteiger partial charge in [0.2, 0.25) is 0 Å². The third-order valence-electron chi connectivity index (χ3n) is 5.01. The molecule has 1 aliphatic heterocycles. The second kappa shape index (κ2) is 7.65. The van der Waals surface area contributed by atoms with Gasteiger partial charge in [-0.2, -0.15) is 13.2 Å². The van der Waals surface area contributed by atoms with Crippen LogP contribution in [0.1, 0.15) is 28.9 Å². The predicted octanol–water partition coefficient (Wildman–Crippen LogP) is 3.44. The van der Waals surface area contributed by atoms with Gasteiger partial charge in [-0.1, -0.05) is 6.07 Å². The number of rotatable bonds is 3. The number of halogens is 3. The van der Waals surface area contributed by atoms with Crippen LogP contribution < -0.4 is 10.2 Å².